The number of rotatable bonds is 6. The Morgan fingerprint density at radius 1 is 1.16 bits per heavy atom. The zero-order chi connectivity index (χ0) is 17.8. The summed E-state index contributed by atoms with van der Waals surface area (Å²) in [4.78, 5) is 2.50. The minimum Gasteiger partial charge on any atom is -0.497 e. The van der Waals surface area contributed by atoms with E-state index in [0.717, 1.165) is 23.4 Å². The molecular weight excluding hydrogens is 334 g/mol. The number of methoxy groups -OCH3 is 1. The van der Waals surface area contributed by atoms with Crippen LogP contribution in [0.5, 0.6) is 5.75 Å². The number of aromatic nitrogens is 2. The van der Waals surface area contributed by atoms with Crippen LogP contribution in [0.15, 0.2) is 52.9 Å². The van der Waals surface area contributed by atoms with Crippen LogP contribution in [0.2, 0.25) is 0 Å². The first kappa shape index (κ1) is 17.4. The Hall–Kier alpha value is -2.44. The van der Waals surface area contributed by atoms with Gasteiger partial charge in [-0.15, -0.1) is 5.10 Å². The zero-order valence-corrected chi connectivity index (χ0v) is 15.4. The molecule has 0 amide bonds. The van der Waals surface area contributed by atoms with Gasteiger partial charge in [0.1, 0.15) is 5.75 Å². The van der Waals surface area contributed by atoms with E-state index < -0.39 is 0 Å². The van der Waals surface area contributed by atoms with Crippen molar-refractivity contribution < 1.29 is 9.15 Å². The first-order valence-corrected chi connectivity index (χ1v) is 8.43. The van der Waals surface area contributed by atoms with Gasteiger partial charge in [-0.2, -0.15) is 0 Å². The van der Waals surface area contributed by atoms with E-state index in [1.54, 1.807) is 11.8 Å². The van der Waals surface area contributed by atoms with E-state index >= 15 is 0 Å². The molecule has 0 aliphatic rings. The molecule has 1 aromatic heterocycles. The highest BCUT2D eigenvalue weighted by atomic mass is 32.1. The number of ether oxygens (including phenoxy) is 1. The van der Waals surface area contributed by atoms with Crippen molar-refractivity contribution in [1.29, 1.82) is 0 Å². The highest BCUT2D eigenvalue weighted by Gasteiger charge is 2.11. The maximum Gasteiger partial charge on any atom is 0.288 e. The highest BCUT2D eigenvalue weighted by molar-refractivity contribution is 7.71. The lowest BCUT2D eigenvalue weighted by Crippen LogP contribution is -2.22. The SMILES string of the molecule is COc1ccc(CN(C)Cn2nc(-c3ccccc3C)oc2=S)cc1. The summed E-state index contributed by atoms with van der Waals surface area (Å²) in [5, 5.41) is 4.53. The van der Waals surface area contributed by atoms with Gasteiger partial charge < -0.3 is 9.15 Å². The summed E-state index contributed by atoms with van der Waals surface area (Å²) in [7, 11) is 3.69. The third kappa shape index (κ3) is 4.15. The molecule has 0 bridgehead atoms. The van der Waals surface area contributed by atoms with Crippen LogP contribution in [0.4, 0.5) is 0 Å². The summed E-state index contributed by atoms with van der Waals surface area (Å²) in [6, 6.07) is 16.0. The molecule has 0 spiro atoms. The van der Waals surface area contributed by atoms with E-state index in [1.165, 1.54) is 5.56 Å². The third-order valence-electron chi connectivity index (χ3n) is 3.97. The first-order chi connectivity index (χ1) is 12.1. The van der Waals surface area contributed by atoms with Gasteiger partial charge in [-0.3, -0.25) is 4.90 Å². The van der Waals surface area contributed by atoms with Crippen LogP contribution in [0.3, 0.4) is 0 Å². The molecule has 0 atom stereocenters. The Bertz CT molecular complexity index is 900. The van der Waals surface area contributed by atoms with Gasteiger partial charge in [0.25, 0.3) is 4.84 Å². The average Bonchev–Trinajstić information content (AvgIpc) is 2.96. The summed E-state index contributed by atoms with van der Waals surface area (Å²) in [5.41, 5.74) is 3.26. The average molecular weight is 355 g/mol. The molecule has 1 heterocycles. The van der Waals surface area contributed by atoms with E-state index in [4.69, 9.17) is 21.4 Å². The zero-order valence-electron chi connectivity index (χ0n) is 14.6. The summed E-state index contributed by atoms with van der Waals surface area (Å²) in [5.74, 6) is 1.41. The summed E-state index contributed by atoms with van der Waals surface area (Å²) in [6.45, 7) is 3.36. The third-order valence-corrected chi connectivity index (χ3v) is 4.26. The van der Waals surface area contributed by atoms with Crippen LogP contribution in [-0.4, -0.2) is 28.8 Å². The topological polar surface area (TPSA) is 43.4 Å². The summed E-state index contributed by atoms with van der Waals surface area (Å²) < 4.78 is 12.6. The molecule has 0 saturated heterocycles. The van der Waals surface area contributed by atoms with Crippen molar-refractivity contribution in [3.05, 3.63) is 64.5 Å². The van der Waals surface area contributed by atoms with Crippen LogP contribution in [-0.2, 0) is 13.2 Å². The Morgan fingerprint density at radius 3 is 2.56 bits per heavy atom. The lowest BCUT2D eigenvalue weighted by molar-refractivity contribution is 0.240. The smallest absolute Gasteiger partial charge is 0.288 e. The van der Waals surface area contributed by atoms with E-state index in [2.05, 4.69) is 22.1 Å². The van der Waals surface area contributed by atoms with Crippen LogP contribution in [0, 0.1) is 11.8 Å². The van der Waals surface area contributed by atoms with Gasteiger partial charge >= 0.3 is 0 Å². The maximum absolute atomic E-state index is 5.69. The number of hydrogen-bond acceptors (Lipinski definition) is 5. The van der Waals surface area contributed by atoms with Gasteiger partial charge in [-0.25, -0.2) is 4.68 Å². The Morgan fingerprint density at radius 2 is 1.88 bits per heavy atom. The van der Waals surface area contributed by atoms with Crippen LogP contribution in [0.25, 0.3) is 11.5 Å². The van der Waals surface area contributed by atoms with Crippen LogP contribution < -0.4 is 4.74 Å². The van der Waals surface area contributed by atoms with Crippen LogP contribution in [0.1, 0.15) is 11.1 Å². The fourth-order valence-corrected chi connectivity index (χ4v) is 2.82. The Labute approximate surface area is 152 Å². The van der Waals surface area contributed by atoms with Gasteiger partial charge in [0.05, 0.1) is 13.8 Å². The molecule has 6 heteroatoms. The molecule has 0 N–H and O–H groups in total. The molecule has 0 radical (unpaired) electrons. The molecule has 3 aromatic rings. The fourth-order valence-electron chi connectivity index (χ4n) is 2.64. The number of benzene rings is 2. The van der Waals surface area contributed by atoms with Crippen LogP contribution >= 0.6 is 12.2 Å². The molecule has 0 saturated carbocycles. The molecule has 2 aromatic carbocycles. The number of nitrogens with zero attached hydrogens (tertiary/aromatic N) is 3. The summed E-state index contributed by atoms with van der Waals surface area (Å²) in [6.07, 6.45) is 0. The minimum absolute atomic E-state index is 0.375. The molecule has 5 nitrogen and oxygen atoms in total. The molecule has 0 unspecified atom stereocenters. The van der Waals surface area contributed by atoms with Crippen molar-refractivity contribution >= 4 is 12.2 Å². The lowest BCUT2D eigenvalue weighted by atomic mass is 10.1. The van der Waals surface area contributed by atoms with Gasteiger partial charge in [-0.1, -0.05) is 30.3 Å². The van der Waals surface area contributed by atoms with Crippen molar-refractivity contribution in [2.75, 3.05) is 14.2 Å². The molecule has 0 aliphatic heterocycles. The van der Waals surface area contributed by atoms with Gasteiger partial charge in [-0.05, 0) is 55.5 Å². The molecule has 0 aliphatic carbocycles. The van der Waals surface area contributed by atoms with Crippen molar-refractivity contribution in [3.63, 3.8) is 0 Å². The maximum atomic E-state index is 5.69. The quantitative estimate of drug-likeness (QED) is 0.618. The van der Waals surface area contributed by atoms with Crippen molar-refractivity contribution in [2.24, 2.45) is 0 Å². The second-order valence-electron chi connectivity index (χ2n) is 5.99. The molecular formula is C19H21N3O2S. The monoisotopic (exact) mass is 355 g/mol. The number of hydrogen-bond donors (Lipinski definition) is 0. The standard InChI is InChI=1S/C19H21N3O2S/c1-14-6-4-5-7-17(14)18-20-22(19(25)24-18)13-21(2)12-15-8-10-16(23-3)11-9-15/h4-11H,12-13H2,1-3H3. The first-order valence-electron chi connectivity index (χ1n) is 8.02. The lowest BCUT2D eigenvalue weighted by Gasteiger charge is -2.16. The van der Waals surface area contributed by atoms with E-state index in [9.17, 15) is 0 Å². The van der Waals surface area contributed by atoms with Gasteiger partial charge in [0, 0.05) is 12.1 Å². The Kier molecular flexibility index (Phi) is 5.31. The Balaban J connectivity index is 1.72. The summed E-state index contributed by atoms with van der Waals surface area (Å²) >= 11 is 5.32. The predicted octanol–water partition coefficient (Wildman–Crippen LogP) is 4.28. The fraction of sp³-hybridized carbons (Fsp3) is 0.263. The molecule has 3 rings (SSSR count). The second kappa shape index (κ2) is 7.63. The van der Waals surface area contributed by atoms with E-state index in [-0.39, 0.29) is 0 Å². The van der Waals surface area contributed by atoms with E-state index in [1.807, 2.05) is 50.4 Å². The largest absolute Gasteiger partial charge is 0.497 e. The van der Waals surface area contributed by atoms with Gasteiger partial charge in [0.2, 0.25) is 5.89 Å². The molecule has 25 heavy (non-hydrogen) atoms. The molecule has 0 fully saturated rings. The second-order valence-corrected chi connectivity index (χ2v) is 6.34. The molecule has 130 valence electrons. The van der Waals surface area contributed by atoms with Crippen molar-refractivity contribution in [1.82, 2.24) is 14.7 Å². The minimum atomic E-state index is 0.375. The van der Waals surface area contributed by atoms with Crippen molar-refractivity contribution in [3.8, 4) is 17.2 Å². The van der Waals surface area contributed by atoms with Gasteiger partial charge in [0.15, 0.2) is 0 Å². The van der Waals surface area contributed by atoms with E-state index in [0.29, 0.717) is 17.4 Å². The predicted molar refractivity (Wildman–Crippen MR) is 100.0 cm³/mol. The normalized spacial score (nSPS) is 11.0. The highest BCUT2D eigenvalue weighted by Crippen LogP contribution is 2.21. The number of aryl methyl sites for hydroxylation is 1. The van der Waals surface area contributed by atoms with Crippen molar-refractivity contribution in [2.45, 2.75) is 20.1 Å².